The van der Waals surface area contributed by atoms with Crippen molar-refractivity contribution in [3.8, 4) is 0 Å². The second kappa shape index (κ2) is 5.97. The summed E-state index contributed by atoms with van der Waals surface area (Å²) >= 11 is 9.00. The quantitative estimate of drug-likeness (QED) is 0.711. The zero-order chi connectivity index (χ0) is 13.3. The summed E-state index contributed by atoms with van der Waals surface area (Å²) in [5, 5.41) is 5.04. The summed E-state index contributed by atoms with van der Waals surface area (Å²) in [6.45, 7) is 6.49. The molecule has 1 N–H and O–H groups in total. The Kier molecular flexibility index (Phi) is 4.78. The molecule has 0 aliphatic carbocycles. The van der Waals surface area contributed by atoms with Crippen LogP contribution in [0.2, 0.25) is 0 Å². The van der Waals surface area contributed by atoms with Gasteiger partial charge >= 0.3 is 0 Å². The number of aliphatic imine (C=N–C) groups is 1. The summed E-state index contributed by atoms with van der Waals surface area (Å²) in [5.74, 6) is 0. The highest BCUT2D eigenvalue weighted by Crippen LogP contribution is 2.34. The molecule has 2 nitrogen and oxygen atoms in total. The maximum atomic E-state index is 4.66. The normalized spacial score (nSPS) is 23.7. The molecule has 0 fully saturated rings. The van der Waals surface area contributed by atoms with Crippen LogP contribution in [0.4, 0.5) is 5.69 Å². The first kappa shape index (κ1) is 14.4. The molecule has 1 aliphatic rings. The van der Waals surface area contributed by atoms with Gasteiger partial charge in [-0.05, 0) is 69.8 Å². The minimum absolute atomic E-state index is 0.395. The van der Waals surface area contributed by atoms with E-state index in [0.717, 1.165) is 26.2 Å². The number of amidine groups is 1. The number of hydrogen-bond donors (Lipinski definition) is 1. The molecule has 0 radical (unpaired) electrons. The molecule has 0 aromatic heterocycles. The van der Waals surface area contributed by atoms with Crippen LogP contribution in [0.15, 0.2) is 26.1 Å². The summed E-state index contributed by atoms with van der Waals surface area (Å²) in [6, 6.07) is 4.61. The van der Waals surface area contributed by atoms with Gasteiger partial charge < -0.3 is 5.32 Å². The third kappa shape index (κ3) is 3.52. The van der Waals surface area contributed by atoms with Crippen LogP contribution in [-0.4, -0.2) is 16.5 Å². The molecule has 2 atom stereocenters. The lowest BCUT2D eigenvalue weighted by Crippen LogP contribution is -2.23. The van der Waals surface area contributed by atoms with Crippen molar-refractivity contribution in [2.45, 2.75) is 38.5 Å². The highest BCUT2D eigenvalue weighted by molar-refractivity contribution is 9.11. The van der Waals surface area contributed by atoms with E-state index in [9.17, 15) is 0 Å². The van der Waals surface area contributed by atoms with Crippen LogP contribution < -0.4 is 5.32 Å². The van der Waals surface area contributed by atoms with Crippen molar-refractivity contribution >= 4 is 54.5 Å². The van der Waals surface area contributed by atoms with Crippen molar-refractivity contribution in [1.82, 2.24) is 0 Å². The largest absolute Gasteiger partial charge is 0.333 e. The van der Waals surface area contributed by atoms with E-state index in [4.69, 9.17) is 0 Å². The number of nitrogens with one attached hydrogen (secondary N) is 1. The van der Waals surface area contributed by atoms with Gasteiger partial charge in [0.05, 0.1) is 11.7 Å². The van der Waals surface area contributed by atoms with E-state index in [0.29, 0.717) is 11.3 Å². The van der Waals surface area contributed by atoms with Gasteiger partial charge in [0.15, 0.2) is 5.17 Å². The Morgan fingerprint density at radius 1 is 1.28 bits per heavy atom. The summed E-state index contributed by atoms with van der Waals surface area (Å²) in [7, 11) is 0. The molecule has 1 aliphatic heterocycles. The topological polar surface area (TPSA) is 24.4 Å². The van der Waals surface area contributed by atoms with Gasteiger partial charge in [0, 0.05) is 14.2 Å². The first-order valence-corrected chi connectivity index (χ1v) is 8.39. The van der Waals surface area contributed by atoms with Crippen molar-refractivity contribution in [3.63, 3.8) is 0 Å². The van der Waals surface area contributed by atoms with Crippen LogP contribution >= 0.6 is 43.6 Å². The Morgan fingerprint density at radius 3 is 2.44 bits per heavy atom. The number of halogens is 2. The van der Waals surface area contributed by atoms with Crippen LogP contribution in [0.1, 0.15) is 25.8 Å². The fraction of sp³-hybridized carbons (Fsp3) is 0.462. The molecule has 0 saturated heterocycles. The number of hydrogen-bond acceptors (Lipinski definition) is 3. The van der Waals surface area contributed by atoms with Crippen LogP contribution in [0, 0.1) is 6.92 Å². The van der Waals surface area contributed by atoms with Crippen molar-refractivity contribution < 1.29 is 0 Å². The van der Waals surface area contributed by atoms with Crippen molar-refractivity contribution in [2.75, 3.05) is 5.32 Å². The molecule has 0 saturated carbocycles. The molecule has 0 bridgehead atoms. The van der Waals surface area contributed by atoms with Gasteiger partial charge in [0.2, 0.25) is 0 Å². The number of nitrogens with zero attached hydrogens (tertiary/aromatic N) is 1. The maximum Gasteiger partial charge on any atom is 0.161 e. The lowest BCUT2D eigenvalue weighted by atomic mass is 10.2. The molecule has 0 amide bonds. The van der Waals surface area contributed by atoms with Crippen LogP contribution in [0.3, 0.4) is 0 Å². The molecule has 1 aromatic rings. The van der Waals surface area contributed by atoms with Gasteiger partial charge in [-0.25, -0.2) is 0 Å². The molecule has 2 rings (SSSR count). The lowest BCUT2D eigenvalue weighted by molar-refractivity contribution is 0.661. The Labute approximate surface area is 129 Å². The van der Waals surface area contributed by atoms with Crippen molar-refractivity contribution in [1.29, 1.82) is 0 Å². The summed E-state index contributed by atoms with van der Waals surface area (Å²) in [4.78, 5) is 4.66. The zero-order valence-electron chi connectivity index (χ0n) is 10.6. The molecule has 2 unspecified atom stereocenters. The average molecular weight is 392 g/mol. The number of aryl methyl sites for hydroxylation is 1. The number of rotatable bonds is 1. The highest BCUT2D eigenvalue weighted by atomic mass is 79.9. The Morgan fingerprint density at radius 2 is 1.89 bits per heavy atom. The predicted octanol–water partition coefficient (Wildman–Crippen LogP) is 5.20. The molecule has 18 heavy (non-hydrogen) atoms. The lowest BCUT2D eigenvalue weighted by Gasteiger charge is -2.23. The van der Waals surface area contributed by atoms with E-state index in [1.807, 2.05) is 0 Å². The average Bonchev–Trinajstić information content (AvgIpc) is 2.22. The van der Waals surface area contributed by atoms with E-state index in [-0.39, 0.29) is 0 Å². The monoisotopic (exact) mass is 390 g/mol. The fourth-order valence-electron chi connectivity index (χ4n) is 1.99. The first-order valence-electron chi connectivity index (χ1n) is 5.93. The van der Waals surface area contributed by atoms with Crippen LogP contribution in [-0.2, 0) is 0 Å². The van der Waals surface area contributed by atoms with Gasteiger partial charge in [-0.1, -0.05) is 18.7 Å². The molecule has 1 heterocycles. The fourth-order valence-corrected chi connectivity index (χ4v) is 4.76. The highest BCUT2D eigenvalue weighted by Gasteiger charge is 2.19. The van der Waals surface area contributed by atoms with Gasteiger partial charge in [-0.2, -0.15) is 0 Å². The van der Waals surface area contributed by atoms with E-state index < -0.39 is 0 Å². The Bertz CT molecular complexity index is 465. The van der Waals surface area contributed by atoms with Crippen LogP contribution in [0.25, 0.3) is 0 Å². The van der Waals surface area contributed by atoms with E-state index in [1.165, 1.54) is 5.56 Å². The third-order valence-electron chi connectivity index (χ3n) is 2.74. The minimum Gasteiger partial charge on any atom is -0.333 e. The molecule has 0 spiro atoms. The Balaban J connectivity index is 2.24. The minimum atomic E-state index is 0.395. The standard InChI is InChI=1S/C13H16Br2N2S/c1-7-4-10(14)12(11(15)5-7)17-13-16-8(2)6-9(3)18-13/h4-5,8-9H,6H2,1-3H3,(H,16,17). The molecule has 1 aromatic carbocycles. The summed E-state index contributed by atoms with van der Waals surface area (Å²) in [5.41, 5.74) is 2.27. The second-order valence-corrected chi connectivity index (χ2v) is 7.81. The summed E-state index contributed by atoms with van der Waals surface area (Å²) < 4.78 is 2.12. The van der Waals surface area contributed by atoms with Gasteiger partial charge in [-0.3, -0.25) is 4.99 Å². The van der Waals surface area contributed by atoms with Crippen molar-refractivity contribution in [3.05, 3.63) is 26.6 Å². The van der Waals surface area contributed by atoms with Crippen molar-refractivity contribution in [2.24, 2.45) is 4.99 Å². The predicted molar refractivity (Wildman–Crippen MR) is 88.8 cm³/mol. The molecule has 98 valence electrons. The van der Waals surface area contributed by atoms with Gasteiger partial charge in [0.1, 0.15) is 0 Å². The zero-order valence-corrected chi connectivity index (χ0v) is 14.6. The number of benzene rings is 1. The van der Waals surface area contributed by atoms with E-state index in [1.54, 1.807) is 11.8 Å². The summed E-state index contributed by atoms with van der Waals surface area (Å²) in [6.07, 6.45) is 1.14. The van der Waals surface area contributed by atoms with Gasteiger partial charge in [-0.15, -0.1) is 0 Å². The Hall–Kier alpha value is -0.000000000000000111. The number of anilines is 1. The first-order chi connectivity index (χ1) is 8.45. The molecule has 5 heteroatoms. The smallest absolute Gasteiger partial charge is 0.161 e. The SMILES string of the molecule is Cc1cc(Br)c(NC2=NC(C)CC(C)S2)c(Br)c1. The second-order valence-electron chi connectivity index (χ2n) is 4.68. The van der Waals surface area contributed by atoms with Gasteiger partial charge in [0.25, 0.3) is 0 Å². The van der Waals surface area contributed by atoms with E-state index >= 15 is 0 Å². The molecular formula is C13H16Br2N2S. The maximum absolute atomic E-state index is 4.66. The number of thioether (sulfide) groups is 1. The molecular weight excluding hydrogens is 376 g/mol. The van der Waals surface area contributed by atoms with E-state index in [2.05, 4.69) is 75.1 Å². The van der Waals surface area contributed by atoms with Crippen LogP contribution in [0.5, 0.6) is 0 Å². The third-order valence-corrected chi connectivity index (χ3v) is 5.02.